The van der Waals surface area contributed by atoms with Crippen LogP contribution in [0, 0.1) is 0 Å². The second kappa shape index (κ2) is 5.59. The minimum atomic E-state index is -0.660. The van der Waals surface area contributed by atoms with Gasteiger partial charge in [-0.15, -0.1) is 0 Å². The van der Waals surface area contributed by atoms with Crippen molar-refractivity contribution in [2.24, 2.45) is 5.73 Å². The van der Waals surface area contributed by atoms with E-state index in [-0.39, 0.29) is 23.1 Å². The SMILES string of the molecule is C[C@@H]1COCCN1C(=O)c1ccc(Cl)cc1C(N)=O. The molecular formula is C13H15ClN2O3. The zero-order valence-electron chi connectivity index (χ0n) is 10.6. The molecular weight excluding hydrogens is 268 g/mol. The molecule has 1 heterocycles. The largest absolute Gasteiger partial charge is 0.377 e. The standard InChI is InChI=1S/C13H15ClN2O3/c1-8-7-19-5-4-16(8)13(18)10-3-2-9(14)6-11(10)12(15)17/h2-3,6,8H,4-5,7H2,1H3,(H2,15,17)/t8-/m1/s1. The van der Waals surface area contributed by atoms with Crippen molar-refractivity contribution >= 4 is 23.4 Å². The number of carbonyl (C=O) groups is 2. The molecule has 1 aromatic carbocycles. The number of halogens is 1. The molecule has 1 atom stereocenters. The van der Waals surface area contributed by atoms with Crippen molar-refractivity contribution in [3.63, 3.8) is 0 Å². The maximum absolute atomic E-state index is 12.5. The monoisotopic (exact) mass is 282 g/mol. The number of hydrogen-bond acceptors (Lipinski definition) is 3. The molecule has 0 unspecified atom stereocenters. The molecule has 0 spiro atoms. The van der Waals surface area contributed by atoms with E-state index in [1.54, 1.807) is 11.0 Å². The van der Waals surface area contributed by atoms with E-state index < -0.39 is 5.91 Å². The molecule has 1 saturated heterocycles. The minimum absolute atomic E-state index is 0.0299. The average Bonchev–Trinajstić information content (AvgIpc) is 2.38. The van der Waals surface area contributed by atoms with Gasteiger partial charge < -0.3 is 15.4 Å². The van der Waals surface area contributed by atoms with Crippen molar-refractivity contribution in [1.29, 1.82) is 0 Å². The van der Waals surface area contributed by atoms with Crippen LogP contribution in [0.2, 0.25) is 5.02 Å². The van der Waals surface area contributed by atoms with Crippen molar-refractivity contribution in [2.75, 3.05) is 19.8 Å². The van der Waals surface area contributed by atoms with E-state index in [4.69, 9.17) is 22.1 Å². The van der Waals surface area contributed by atoms with Crippen molar-refractivity contribution in [2.45, 2.75) is 13.0 Å². The summed E-state index contributed by atoms with van der Waals surface area (Å²) in [5, 5.41) is 0.375. The molecule has 0 aliphatic carbocycles. The molecule has 1 aliphatic rings. The molecule has 1 aliphatic heterocycles. The van der Waals surface area contributed by atoms with Gasteiger partial charge in [-0.2, -0.15) is 0 Å². The first-order valence-electron chi connectivity index (χ1n) is 5.98. The summed E-state index contributed by atoms with van der Waals surface area (Å²) in [7, 11) is 0. The van der Waals surface area contributed by atoms with Gasteiger partial charge in [0.25, 0.3) is 5.91 Å². The van der Waals surface area contributed by atoms with Crippen LogP contribution in [0.1, 0.15) is 27.6 Å². The number of carbonyl (C=O) groups excluding carboxylic acids is 2. The molecule has 0 aromatic heterocycles. The van der Waals surface area contributed by atoms with Crippen molar-refractivity contribution in [3.05, 3.63) is 34.3 Å². The van der Waals surface area contributed by atoms with E-state index in [1.165, 1.54) is 12.1 Å². The van der Waals surface area contributed by atoms with Crippen LogP contribution in [0.15, 0.2) is 18.2 Å². The topological polar surface area (TPSA) is 72.6 Å². The van der Waals surface area contributed by atoms with E-state index in [9.17, 15) is 9.59 Å². The van der Waals surface area contributed by atoms with Gasteiger partial charge in [0.1, 0.15) is 0 Å². The molecule has 2 amide bonds. The number of morpholine rings is 1. The molecule has 6 heteroatoms. The van der Waals surface area contributed by atoms with Crippen LogP contribution < -0.4 is 5.73 Å². The summed E-state index contributed by atoms with van der Waals surface area (Å²) in [6, 6.07) is 4.50. The normalized spacial score (nSPS) is 19.3. The van der Waals surface area contributed by atoms with Crippen molar-refractivity contribution in [3.8, 4) is 0 Å². The highest BCUT2D eigenvalue weighted by atomic mass is 35.5. The number of rotatable bonds is 2. The van der Waals surface area contributed by atoms with Gasteiger partial charge in [-0.25, -0.2) is 0 Å². The number of ether oxygens (including phenoxy) is 1. The quantitative estimate of drug-likeness (QED) is 0.889. The molecule has 0 saturated carbocycles. The van der Waals surface area contributed by atoms with Gasteiger partial charge in [0.15, 0.2) is 0 Å². The molecule has 102 valence electrons. The number of nitrogens with two attached hydrogens (primary N) is 1. The smallest absolute Gasteiger partial charge is 0.255 e. The fourth-order valence-electron chi connectivity index (χ4n) is 2.09. The van der Waals surface area contributed by atoms with E-state index in [2.05, 4.69) is 0 Å². The third-order valence-electron chi connectivity index (χ3n) is 3.11. The van der Waals surface area contributed by atoms with Gasteiger partial charge in [0, 0.05) is 11.6 Å². The van der Waals surface area contributed by atoms with Gasteiger partial charge in [-0.1, -0.05) is 11.6 Å². The van der Waals surface area contributed by atoms with Gasteiger partial charge in [-0.05, 0) is 25.1 Å². The van der Waals surface area contributed by atoms with E-state index in [0.29, 0.717) is 24.8 Å². The second-order valence-electron chi connectivity index (χ2n) is 4.48. The maximum atomic E-state index is 12.5. The minimum Gasteiger partial charge on any atom is -0.377 e. The van der Waals surface area contributed by atoms with Crippen LogP contribution in [0.4, 0.5) is 0 Å². The number of hydrogen-bond donors (Lipinski definition) is 1. The van der Waals surface area contributed by atoms with Crippen LogP contribution in [-0.4, -0.2) is 42.5 Å². The van der Waals surface area contributed by atoms with Crippen LogP contribution in [0.25, 0.3) is 0 Å². The fourth-order valence-corrected chi connectivity index (χ4v) is 2.26. The first-order chi connectivity index (χ1) is 9.00. The van der Waals surface area contributed by atoms with Gasteiger partial charge in [0.05, 0.1) is 30.4 Å². The molecule has 0 bridgehead atoms. The highest BCUT2D eigenvalue weighted by Gasteiger charge is 2.27. The summed E-state index contributed by atoms with van der Waals surface area (Å²) in [6.45, 7) is 3.39. The lowest BCUT2D eigenvalue weighted by Gasteiger charge is -2.33. The number of benzene rings is 1. The number of nitrogens with zero attached hydrogens (tertiary/aromatic N) is 1. The van der Waals surface area contributed by atoms with Gasteiger partial charge in [0.2, 0.25) is 5.91 Å². The van der Waals surface area contributed by atoms with Gasteiger partial charge >= 0.3 is 0 Å². The lowest BCUT2D eigenvalue weighted by molar-refractivity contribution is 0.00353. The summed E-state index contributed by atoms with van der Waals surface area (Å²) in [5.41, 5.74) is 5.72. The Morgan fingerprint density at radius 3 is 2.79 bits per heavy atom. The number of primary amides is 1. The van der Waals surface area contributed by atoms with Crippen molar-refractivity contribution in [1.82, 2.24) is 4.90 Å². The first-order valence-corrected chi connectivity index (χ1v) is 6.36. The summed E-state index contributed by atoms with van der Waals surface area (Å²) < 4.78 is 5.29. The third kappa shape index (κ3) is 2.88. The summed E-state index contributed by atoms with van der Waals surface area (Å²) in [5.74, 6) is -0.881. The molecule has 2 N–H and O–H groups in total. The van der Waals surface area contributed by atoms with E-state index >= 15 is 0 Å². The van der Waals surface area contributed by atoms with E-state index in [1.807, 2.05) is 6.92 Å². The Hall–Kier alpha value is -1.59. The highest BCUT2D eigenvalue weighted by Crippen LogP contribution is 2.19. The Kier molecular flexibility index (Phi) is 4.07. The Balaban J connectivity index is 2.35. The fraction of sp³-hybridized carbons (Fsp3) is 0.385. The second-order valence-corrected chi connectivity index (χ2v) is 4.91. The lowest BCUT2D eigenvalue weighted by Crippen LogP contribution is -2.47. The summed E-state index contributed by atoms with van der Waals surface area (Å²) in [6.07, 6.45) is 0. The molecule has 1 fully saturated rings. The van der Waals surface area contributed by atoms with Gasteiger partial charge in [-0.3, -0.25) is 9.59 Å². The summed E-state index contributed by atoms with van der Waals surface area (Å²) >= 11 is 5.83. The zero-order valence-corrected chi connectivity index (χ0v) is 11.3. The molecule has 19 heavy (non-hydrogen) atoms. The Bertz CT molecular complexity index is 519. The lowest BCUT2D eigenvalue weighted by atomic mass is 10.0. The van der Waals surface area contributed by atoms with Crippen LogP contribution in [-0.2, 0) is 4.74 Å². The van der Waals surface area contributed by atoms with E-state index in [0.717, 1.165) is 0 Å². The Labute approximate surface area is 116 Å². The van der Waals surface area contributed by atoms with Crippen LogP contribution >= 0.6 is 11.6 Å². The molecule has 1 aromatic rings. The highest BCUT2D eigenvalue weighted by molar-refractivity contribution is 6.31. The zero-order chi connectivity index (χ0) is 14.0. The molecule has 2 rings (SSSR count). The Morgan fingerprint density at radius 2 is 2.16 bits per heavy atom. The van der Waals surface area contributed by atoms with Crippen LogP contribution in [0.5, 0.6) is 0 Å². The molecule has 0 radical (unpaired) electrons. The average molecular weight is 283 g/mol. The maximum Gasteiger partial charge on any atom is 0.255 e. The Morgan fingerprint density at radius 1 is 1.42 bits per heavy atom. The first kappa shape index (κ1) is 13.8. The molecule has 5 nitrogen and oxygen atoms in total. The number of amides is 2. The summed E-state index contributed by atoms with van der Waals surface area (Å²) in [4.78, 5) is 25.6. The predicted molar refractivity (Wildman–Crippen MR) is 71.3 cm³/mol. The third-order valence-corrected chi connectivity index (χ3v) is 3.34. The predicted octanol–water partition coefficient (Wildman–Crippen LogP) is 1.30. The van der Waals surface area contributed by atoms with Crippen LogP contribution in [0.3, 0.4) is 0 Å². The van der Waals surface area contributed by atoms with Crippen molar-refractivity contribution < 1.29 is 14.3 Å².